The van der Waals surface area contributed by atoms with E-state index in [0.29, 0.717) is 5.47 Å². The van der Waals surface area contributed by atoms with Crippen LogP contribution in [0.3, 0.4) is 0 Å². The highest BCUT2D eigenvalue weighted by molar-refractivity contribution is 6.56. The van der Waals surface area contributed by atoms with Gasteiger partial charge in [-0.3, -0.25) is 0 Å². The quantitative estimate of drug-likeness (QED) is 0.518. The van der Waals surface area contributed by atoms with E-state index in [0.717, 1.165) is 11.6 Å². The van der Waals surface area contributed by atoms with Crippen LogP contribution in [0.25, 0.3) is 6.08 Å². The lowest BCUT2D eigenvalue weighted by molar-refractivity contribution is -0.0501. The number of carbonyl (C=O) groups excluding carboxylic acids is 1. The Morgan fingerprint density at radius 2 is 1.71 bits per heavy atom. The first-order valence-electron chi connectivity index (χ1n) is 10.7. The number of rotatable bonds is 8. The van der Waals surface area contributed by atoms with Crippen molar-refractivity contribution in [1.82, 2.24) is 5.32 Å². The minimum absolute atomic E-state index is 0.0574. The molecular weight excluding hydrogens is 450 g/mol. The van der Waals surface area contributed by atoms with Gasteiger partial charge in [0.2, 0.25) is 0 Å². The molecule has 0 saturated carbocycles. The lowest BCUT2D eigenvalue weighted by Crippen LogP contribution is -2.41. The fourth-order valence-electron chi connectivity index (χ4n) is 3.19. The van der Waals surface area contributed by atoms with Crippen molar-refractivity contribution in [2.45, 2.75) is 52.1 Å². The zero-order valence-corrected chi connectivity index (χ0v) is 19.4. The summed E-state index contributed by atoms with van der Waals surface area (Å²) in [5.41, 5.74) is -0.560. The van der Waals surface area contributed by atoms with E-state index < -0.39 is 36.8 Å². The first-order valence-corrected chi connectivity index (χ1v) is 10.7. The van der Waals surface area contributed by atoms with Crippen LogP contribution in [0.5, 0.6) is 5.75 Å². The number of hydrogen-bond donors (Lipinski definition) is 1. The average Bonchev–Trinajstić information content (AvgIpc) is 2.98. The lowest BCUT2D eigenvalue weighted by atomic mass is 9.77. The van der Waals surface area contributed by atoms with Crippen molar-refractivity contribution in [3.63, 3.8) is 0 Å². The summed E-state index contributed by atoms with van der Waals surface area (Å²) in [5.74, 6) is -1.13. The summed E-state index contributed by atoms with van der Waals surface area (Å²) in [6.45, 7) is 4.11. The maximum absolute atomic E-state index is 14.6. The van der Waals surface area contributed by atoms with Crippen molar-refractivity contribution in [1.29, 1.82) is 0 Å². The Kier molecular flexibility index (Phi) is 7.94. The molecule has 1 heterocycles. The number of carbonyl (C=O) groups is 1. The van der Waals surface area contributed by atoms with Crippen molar-refractivity contribution < 1.29 is 36.7 Å². The number of alkyl halides is 2. The maximum atomic E-state index is 14.6. The molecular formula is C24H27BF3NO5. The van der Waals surface area contributed by atoms with Gasteiger partial charge in [0.15, 0.2) is 0 Å². The predicted molar refractivity (Wildman–Crippen MR) is 122 cm³/mol. The number of amides is 1. The third-order valence-electron chi connectivity index (χ3n) is 5.76. The summed E-state index contributed by atoms with van der Waals surface area (Å²) in [7, 11) is -0.974. The Bertz CT molecular complexity index is 1010. The van der Waals surface area contributed by atoms with Crippen molar-refractivity contribution in [2.24, 2.45) is 0 Å². The summed E-state index contributed by atoms with van der Waals surface area (Å²) >= 11 is 0. The molecule has 1 aliphatic rings. The van der Waals surface area contributed by atoms with E-state index in [1.807, 2.05) is 58.0 Å². The molecule has 1 amide bonds. The standard InChI is InChI=1S/C24H27BF3NO5/c1-23(2)24(3,4)34-25(33-23)17(13-18-19(26)11-8-12-20(18)32-21(27)28)14-29-22(30)31-15-16-9-6-5-7-10-16/h5-13,21H,14-15H2,1-4H3,(H,29,30). The zero-order chi connectivity index (χ0) is 24.9. The zero-order valence-electron chi connectivity index (χ0n) is 19.4. The largest absolute Gasteiger partial charge is 0.492 e. The first-order chi connectivity index (χ1) is 16.0. The Morgan fingerprint density at radius 1 is 1.06 bits per heavy atom. The van der Waals surface area contributed by atoms with E-state index >= 15 is 0 Å². The lowest BCUT2D eigenvalue weighted by Gasteiger charge is -2.32. The van der Waals surface area contributed by atoms with Crippen LogP contribution in [0.1, 0.15) is 38.8 Å². The summed E-state index contributed by atoms with van der Waals surface area (Å²) in [6, 6.07) is 12.7. The van der Waals surface area contributed by atoms with Crippen LogP contribution in [0.15, 0.2) is 54.0 Å². The number of nitrogens with one attached hydrogen (secondary N) is 1. The monoisotopic (exact) mass is 477 g/mol. The Morgan fingerprint density at radius 3 is 2.32 bits per heavy atom. The molecule has 2 aromatic carbocycles. The molecule has 0 aromatic heterocycles. The molecule has 1 fully saturated rings. The van der Waals surface area contributed by atoms with Gasteiger partial charge < -0.3 is 24.1 Å². The number of benzene rings is 2. The van der Waals surface area contributed by atoms with Gasteiger partial charge in [0.1, 0.15) is 18.2 Å². The van der Waals surface area contributed by atoms with Crippen LogP contribution in [0, 0.1) is 5.82 Å². The Hall–Kier alpha value is -2.98. The van der Waals surface area contributed by atoms with Crippen LogP contribution in [-0.2, 0) is 20.7 Å². The molecule has 3 rings (SSSR count). The van der Waals surface area contributed by atoms with Crippen molar-refractivity contribution in [2.75, 3.05) is 6.54 Å². The predicted octanol–water partition coefficient (Wildman–Crippen LogP) is 5.37. The first kappa shape index (κ1) is 25.6. The van der Waals surface area contributed by atoms with Gasteiger partial charge in [0.05, 0.1) is 16.8 Å². The van der Waals surface area contributed by atoms with Gasteiger partial charge in [-0.25, -0.2) is 9.18 Å². The molecule has 34 heavy (non-hydrogen) atoms. The molecule has 0 spiro atoms. The van der Waals surface area contributed by atoms with Gasteiger partial charge in [-0.1, -0.05) is 42.5 Å². The molecule has 6 nitrogen and oxygen atoms in total. The van der Waals surface area contributed by atoms with Crippen molar-refractivity contribution in [3.05, 3.63) is 70.9 Å². The SMILES string of the molecule is CC1(C)OB(C(=Cc2c(F)cccc2OC(F)F)CNC(=O)OCc2ccccc2)OC1(C)C. The van der Waals surface area contributed by atoms with Gasteiger partial charge >= 0.3 is 19.8 Å². The van der Waals surface area contributed by atoms with Gasteiger partial charge in [-0.05, 0) is 50.9 Å². The molecule has 10 heteroatoms. The molecule has 182 valence electrons. The van der Waals surface area contributed by atoms with Gasteiger partial charge in [0.25, 0.3) is 0 Å². The average molecular weight is 477 g/mol. The molecule has 1 N–H and O–H groups in total. The molecule has 0 unspecified atom stereocenters. The van der Waals surface area contributed by atoms with E-state index in [2.05, 4.69) is 10.1 Å². The van der Waals surface area contributed by atoms with Crippen LogP contribution in [-0.4, -0.2) is 37.6 Å². The van der Waals surface area contributed by atoms with Crippen LogP contribution >= 0.6 is 0 Å². The van der Waals surface area contributed by atoms with Gasteiger partial charge in [0, 0.05) is 6.54 Å². The number of alkyl carbamates (subject to hydrolysis) is 1. The number of halogens is 3. The molecule has 0 bridgehead atoms. The highest BCUT2D eigenvalue weighted by Crippen LogP contribution is 2.39. The number of ether oxygens (including phenoxy) is 2. The third-order valence-corrected chi connectivity index (χ3v) is 5.76. The second kappa shape index (κ2) is 10.5. The highest BCUT2D eigenvalue weighted by atomic mass is 19.3. The van der Waals surface area contributed by atoms with Crippen LogP contribution < -0.4 is 10.1 Å². The third kappa shape index (κ3) is 6.33. The molecule has 0 atom stereocenters. The van der Waals surface area contributed by atoms with E-state index in [4.69, 9.17) is 14.0 Å². The summed E-state index contributed by atoms with van der Waals surface area (Å²) in [6.07, 6.45) is 0.566. The van der Waals surface area contributed by atoms with E-state index in [-0.39, 0.29) is 24.5 Å². The minimum Gasteiger partial charge on any atom is -0.445 e. The van der Waals surface area contributed by atoms with Gasteiger partial charge in [-0.2, -0.15) is 8.78 Å². The summed E-state index contributed by atoms with van der Waals surface area (Å²) in [4.78, 5) is 12.3. The fraction of sp³-hybridized carbons (Fsp3) is 0.375. The fourth-order valence-corrected chi connectivity index (χ4v) is 3.19. The normalized spacial score (nSPS) is 17.1. The number of hydrogen-bond acceptors (Lipinski definition) is 5. The minimum atomic E-state index is -3.14. The van der Waals surface area contributed by atoms with E-state index in [1.165, 1.54) is 18.2 Å². The maximum Gasteiger partial charge on any atom is 0.492 e. The molecule has 0 radical (unpaired) electrons. The second-order valence-corrected chi connectivity index (χ2v) is 8.75. The van der Waals surface area contributed by atoms with Crippen molar-refractivity contribution in [3.8, 4) is 5.75 Å². The molecule has 1 aliphatic heterocycles. The highest BCUT2D eigenvalue weighted by Gasteiger charge is 2.52. The van der Waals surface area contributed by atoms with Gasteiger partial charge in [-0.15, -0.1) is 0 Å². The van der Waals surface area contributed by atoms with E-state index in [9.17, 15) is 18.0 Å². The summed E-state index contributed by atoms with van der Waals surface area (Å²) < 4.78 is 62.1. The van der Waals surface area contributed by atoms with Crippen LogP contribution in [0.4, 0.5) is 18.0 Å². The summed E-state index contributed by atoms with van der Waals surface area (Å²) in [5, 5.41) is 2.58. The van der Waals surface area contributed by atoms with Crippen molar-refractivity contribution >= 4 is 19.3 Å². The van der Waals surface area contributed by atoms with E-state index in [1.54, 1.807) is 0 Å². The topological polar surface area (TPSA) is 66.0 Å². The molecule has 2 aromatic rings. The Labute approximate surface area is 197 Å². The Balaban J connectivity index is 1.83. The molecule has 1 saturated heterocycles. The molecule has 0 aliphatic carbocycles. The second-order valence-electron chi connectivity index (χ2n) is 8.75. The van der Waals surface area contributed by atoms with Crippen LogP contribution in [0.2, 0.25) is 0 Å². The smallest absolute Gasteiger partial charge is 0.445 e.